The third-order valence-corrected chi connectivity index (χ3v) is 9.60. The van der Waals surface area contributed by atoms with Gasteiger partial charge in [-0.1, -0.05) is 103 Å². The fraction of sp³-hybridized carbons (Fsp3) is 0.233. The standard InChI is InChI=1S/C43H42N4O4/c1-29(32-11-4-3-5-12-32)47(2)27-37-24-41(33-20-18-30(28-48)19-21-33)51-43(50-37)36-15-9-14-35(23-36)34-13-8-10-31(22-34)25-45-42(49)40-26-44-38-16-6-7-17-39(38)46-40/h3-23,26,29,37,41,43,48H,24-25,27-28H2,1-2H3,(H,45,49)/t29-,37-,41+,43+/m0/s1. The Bertz CT molecular complexity index is 2090. The smallest absolute Gasteiger partial charge is 0.271 e. The highest BCUT2D eigenvalue weighted by Gasteiger charge is 2.33. The minimum atomic E-state index is -0.572. The summed E-state index contributed by atoms with van der Waals surface area (Å²) in [7, 11) is 2.14. The third-order valence-electron chi connectivity index (χ3n) is 9.60. The second kappa shape index (κ2) is 15.7. The van der Waals surface area contributed by atoms with Gasteiger partial charge in [0, 0.05) is 31.1 Å². The van der Waals surface area contributed by atoms with Crippen LogP contribution in [0.1, 0.15) is 70.1 Å². The lowest BCUT2D eigenvalue weighted by Crippen LogP contribution is -2.38. The molecule has 1 aromatic heterocycles. The number of likely N-dealkylation sites (N-methyl/N-ethyl adjacent to an activating group) is 1. The number of aromatic nitrogens is 2. The van der Waals surface area contributed by atoms with Crippen molar-refractivity contribution in [1.29, 1.82) is 0 Å². The number of amides is 1. The molecule has 7 rings (SSSR count). The Morgan fingerprint density at radius 2 is 1.55 bits per heavy atom. The fourth-order valence-electron chi connectivity index (χ4n) is 6.56. The minimum Gasteiger partial charge on any atom is -0.392 e. The number of fused-ring (bicyclic) bond motifs is 1. The van der Waals surface area contributed by atoms with Crippen molar-refractivity contribution in [3.63, 3.8) is 0 Å². The van der Waals surface area contributed by atoms with Gasteiger partial charge in [-0.2, -0.15) is 0 Å². The van der Waals surface area contributed by atoms with Gasteiger partial charge in [-0.3, -0.25) is 14.7 Å². The summed E-state index contributed by atoms with van der Waals surface area (Å²) in [5.74, 6) is -0.272. The van der Waals surface area contributed by atoms with Crippen molar-refractivity contribution in [3.05, 3.63) is 167 Å². The maximum Gasteiger partial charge on any atom is 0.271 e. The van der Waals surface area contributed by atoms with E-state index in [9.17, 15) is 9.90 Å². The van der Waals surface area contributed by atoms with Crippen molar-refractivity contribution in [3.8, 4) is 11.1 Å². The number of hydrogen-bond donors (Lipinski definition) is 2. The second-order valence-electron chi connectivity index (χ2n) is 13.1. The minimum absolute atomic E-state index is 0.00182. The topological polar surface area (TPSA) is 96.8 Å². The molecule has 6 aromatic rings. The third kappa shape index (κ3) is 8.22. The molecule has 51 heavy (non-hydrogen) atoms. The van der Waals surface area contributed by atoms with Crippen LogP contribution in [-0.4, -0.2) is 45.6 Å². The molecule has 5 aromatic carbocycles. The molecular formula is C43H42N4O4. The Labute approximate surface area is 298 Å². The Kier molecular flexibility index (Phi) is 10.6. The van der Waals surface area contributed by atoms with Gasteiger partial charge in [-0.15, -0.1) is 0 Å². The van der Waals surface area contributed by atoms with E-state index >= 15 is 0 Å². The summed E-state index contributed by atoms with van der Waals surface area (Å²) in [6.07, 6.45) is 1.39. The molecule has 0 unspecified atom stereocenters. The number of aliphatic hydroxyl groups is 1. The van der Waals surface area contributed by atoms with Crippen LogP contribution < -0.4 is 5.32 Å². The van der Waals surface area contributed by atoms with Crippen LogP contribution in [0.25, 0.3) is 22.2 Å². The first-order chi connectivity index (χ1) is 24.9. The Morgan fingerprint density at radius 1 is 0.824 bits per heavy atom. The van der Waals surface area contributed by atoms with Crippen LogP contribution in [0.3, 0.4) is 0 Å². The number of carbonyl (C=O) groups excluding carboxylic acids is 1. The lowest BCUT2D eigenvalue weighted by atomic mass is 9.98. The monoisotopic (exact) mass is 678 g/mol. The van der Waals surface area contributed by atoms with Crippen LogP contribution in [0, 0.1) is 0 Å². The lowest BCUT2D eigenvalue weighted by Gasteiger charge is -2.39. The van der Waals surface area contributed by atoms with E-state index in [1.807, 2.05) is 78.9 Å². The van der Waals surface area contributed by atoms with Gasteiger partial charge in [-0.05, 0) is 71.6 Å². The Hall–Kier alpha value is -5.25. The van der Waals surface area contributed by atoms with E-state index in [4.69, 9.17) is 9.47 Å². The van der Waals surface area contributed by atoms with Gasteiger partial charge < -0.3 is 19.9 Å². The van der Waals surface area contributed by atoms with Crippen LogP contribution in [0.2, 0.25) is 0 Å². The number of ether oxygens (including phenoxy) is 2. The maximum atomic E-state index is 12.9. The summed E-state index contributed by atoms with van der Waals surface area (Å²) < 4.78 is 13.4. The predicted octanol–water partition coefficient (Wildman–Crippen LogP) is 7.96. The molecule has 8 nitrogen and oxygen atoms in total. The quantitative estimate of drug-likeness (QED) is 0.144. The van der Waals surface area contributed by atoms with Gasteiger partial charge >= 0.3 is 0 Å². The summed E-state index contributed by atoms with van der Waals surface area (Å²) in [6, 6.07) is 42.6. The number of nitrogens with one attached hydrogen (secondary N) is 1. The van der Waals surface area contributed by atoms with Crippen molar-refractivity contribution >= 4 is 16.9 Å². The number of aliphatic hydroxyl groups excluding tert-OH is 1. The summed E-state index contributed by atoms with van der Waals surface area (Å²) in [5.41, 5.74) is 8.85. The predicted molar refractivity (Wildman–Crippen MR) is 198 cm³/mol. The molecule has 1 aliphatic heterocycles. The Morgan fingerprint density at radius 3 is 2.33 bits per heavy atom. The summed E-state index contributed by atoms with van der Waals surface area (Å²) >= 11 is 0. The normalized spacial score (nSPS) is 18.1. The molecule has 0 radical (unpaired) electrons. The van der Waals surface area contributed by atoms with Crippen LogP contribution in [0.4, 0.5) is 0 Å². The zero-order valence-corrected chi connectivity index (χ0v) is 28.9. The fourth-order valence-corrected chi connectivity index (χ4v) is 6.56. The highest BCUT2D eigenvalue weighted by molar-refractivity contribution is 5.93. The van der Waals surface area contributed by atoms with Gasteiger partial charge in [0.05, 0.1) is 36.0 Å². The van der Waals surface area contributed by atoms with Crippen molar-refractivity contribution < 1.29 is 19.4 Å². The lowest BCUT2D eigenvalue weighted by molar-refractivity contribution is -0.253. The summed E-state index contributed by atoms with van der Waals surface area (Å²) in [4.78, 5) is 24.1. The first kappa shape index (κ1) is 34.2. The molecule has 258 valence electrons. The molecule has 0 bridgehead atoms. The number of benzene rings is 5. The number of para-hydroxylation sites is 2. The molecule has 2 heterocycles. The molecule has 1 amide bonds. The van der Waals surface area contributed by atoms with Crippen molar-refractivity contribution in [2.75, 3.05) is 13.6 Å². The molecule has 4 atom stereocenters. The average molecular weight is 679 g/mol. The molecular weight excluding hydrogens is 636 g/mol. The van der Waals surface area contributed by atoms with E-state index in [1.54, 1.807) is 0 Å². The van der Waals surface area contributed by atoms with E-state index < -0.39 is 6.29 Å². The largest absolute Gasteiger partial charge is 0.392 e. The zero-order chi connectivity index (χ0) is 35.2. The molecule has 1 saturated heterocycles. The summed E-state index contributed by atoms with van der Waals surface area (Å²) in [5, 5.41) is 12.6. The molecule has 1 fully saturated rings. The molecule has 8 heteroatoms. The molecule has 2 N–H and O–H groups in total. The van der Waals surface area contributed by atoms with E-state index in [2.05, 4.69) is 82.7 Å². The van der Waals surface area contributed by atoms with Gasteiger partial charge in [0.15, 0.2) is 6.29 Å². The van der Waals surface area contributed by atoms with Crippen molar-refractivity contribution in [1.82, 2.24) is 20.2 Å². The number of nitrogens with zero attached hydrogens (tertiary/aromatic N) is 3. The van der Waals surface area contributed by atoms with E-state index in [0.29, 0.717) is 18.5 Å². The summed E-state index contributed by atoms with van der Waals surface area (Å²) in [6.45, 7) is 3.31. The highest BCUT2D eigenvalue weighted by Crippen LogP contribution is 2.39. The van der Waals surface area contributed by atoms with Crippen LogP contribution in [-0.2, 0) is 22.6 Å². The number of hydrogen-bond acceptors (Lipinski definition) is 7. The second-order valence-corrected chi connectivity index (χ2v) is 13.1. The van der Waals surface area contributed by atoms with Crippen LogP contribution in [0.5, 0.6) is 0 Å². The van der Waals surface area contributed by atoms with Gasteiger partial charge in [0.25, 0.3) is 5.91 Å². The number of carbonyl (C=O) groups is 1. The van der Waals surface area contributed by atoms with Gasteiger partial charge in [0.1, 0.15) is 5.69 Å². The van der Waals surface area contributed by atoms with E-state index in [1.165, 1.54) is 11.8 Å². The number of rotatable bonds is 11. The van der Waals surface area contributed by atoms with E-state index in [-0.39, 0.29) is 36.5 Å². The SMILES string of the molecule is C[C@@H](c1ccccc1)N(C)C[C@@H]1C[C@H](c2ccc(CO)cc2)O[C@H](c2cccc(-c3cccc(CNC(=O)c4cnc5ccccc5n4)c3)c2)O1. The van der Waals surface area contributed by atoms with E-state index in [0.717, 1.165) is 45.4 Å². The van der Waals surface area contributed by atoms with Gasteiger partial charge in [0.2, 0.25) is 0 Å². The molecule has 0 spiro atoms. The van der Waals surface area contributed by atoms with Crippen molar-refractivity contribution in [2.24, 2.45) is 0 Å². The maximum absolute atomic E-state index is 12.9. The molecule has 0 saturated carbocycles. The van der Waals surface area contributed by atoms with Crippen LogP contribution in [0.15, 0.2) is 134 Å². The first-order valence-electron chi connectivity index (χ1n) is 17.4. The van der Waals surface area contributed by atoms with Crippen molar-refractivity contribution in [2.45, 2.75) is 51.0 Å². The highest BCUT2D eigenvalue weighted by atomic mass is 16.7. The van der Waals surface area contributed by atoms with Crippen LogP contribution >= 0.6 is 0 Å². The molecule has 0 aliphatic carbocycles. The first-order valence-corrected chi connectivity index (χ1v) is 17.4. The Balaban J connectivity index is 1.08. The van der Waals surface area contributed by atoms with Gasteiger partial charge in [-0.25, -0.2) is 4.98 Å². The zero-order valence-electron chi connectivity index (χ0n) is 28.9. The average Bonchev–Trinajstić information content (AvgIpc) is 3.19. The molecule has 1 aliphatic rings.